The van der Waals surface area contributed by atoms with Gasteiger partial charge >= 0.3 is 5.97 Å². The van der Waals surface area contributed by atoms with Crippen LogP contribution in [0.25, 0.3) is 0 Å². The van der Waals surface area contributed by atoms with E-state index in [0.29, 0.717) is 25.9 Å². The Balaban J connectivity index is 3.35. The van der Waals surface area contributed by atoms with E-state index in [1.807, 2.05) is 0 Å². The maximum Gasteiger partial charge on any atom is 0.305 e. The van der Waals surface area contributed by atoms with Gasteiger partial charge in [-0.1, -0.05) is 398 Å². The minimum absolute atomic E-state index is 0.0219. The second-order valence-corrected chi connectivity index (χ2v) is 27.0. The van der Waals surface area contributed by atoms with Crippen molar-refractivity contribution in [3.63, 3.8) is 0 Å². The van der Waals surface area contributed by atoms with Gasteiger partial charge in [-0.15, -0.1) is 0 Å². The van der Waals surface area contributed by atoms with E-state index in [2.05, 4.69) is 43.5 Å². The van der Waals surface area contributed by atoms with Gasteiger partial charge < -0.3 is 20.3 Å². The number of unbranched alkanes of at least 4 members (excludes halogenated alkanes) is 59. The largest absolute Gasteiger partial charge is 0.466 e. The molecule has 0 aliphatic rings. The van der Waals surface area contributed by atoms with Gasteiger partial charge in [0.25, 0.3) is 0 Å². The van der Waals surface area contributed by atoms with Crippen LogP contribution in [0.15, 0.2) is 24.3 Å². The van der Waals surface area contributed by atoms with Crippen molar-refractivity contribution in [2.24, 2.45) is 0 Å². The molecule has 6 heteroatoms. The number of carbonyl (C=O) groups excluding carboxylic acids is 2. The third-order valence-corrected chi connectivity index (χ3v) is 18.5. The smallest absolute Gasteiger partial charge is 0.305 e. The van der Waals surface area contributed by atoms with Gasteiger partial charge in [0, 0.05) is 12.8 Å². The lowest BCUT2D eigenvalue weighted by atomic mass is 10.0. The fourth-order valence-corrected chi connectivity index (χ4v) is 12.6. The summed E-state index contributed by atoms with van der Waals surface area (Å²) in [6, 6.07) is -0.539. The predicted octanol–water partition coefficient (Wildman–Crippen LogP) is 25.7. The van der Waals surface area contributed by atoms with E-state index in [0.717, 1.165) is 44.9 Å². The normalized spacial score (nSPS) is 12.6. The van der Waals surface area contributed by atoms with Gasteiger partial charge in [-0.3, -0.25) is 9.59 Å². The molecule has 0 aromatic rings. The summed E-state index contributed by atoms with van der Waals surface area (Å²) in [5.41, 5.74) is 0. The molecule has 85 heavy (non-hydrogen) atoms. The maximum atomic E-state index is 12.5. The van der Waals surface area contributed by atoms with E-state index in [9.17, 15) is 19.8 Å². The standard InChI is InChI=1S/C79H153NO5/c1-3-5-7-9-11-13-15-17-19-41-44-47-51-55-59-63-67-71-77(82)76(75-81)80-78(83)72-68-64-60-56-52-48-45-42-39-37-35-33-31-29-27-25-23-21-20-22-24-26-28-30-32-34-36-38-40-43-46-50-54-58-62-66-70-74-85-79(84)73-69-65-61-57-53-49-18-16-14-12-10-8-6-4-2/h20,22,26,28,76-77,81-82H,3-19,21,23-25,27,29-75H2,1-2H3,(H,80,83)/b22-20-,28-26-. The first-order chi connectivity index (χ1) is 42.0. The van der Waals surface area contributed by atoms with Crippen molar-refractivity contribution in [3.05, 3.63) is 24.3 Å². The maximum absolute atomic E-state index is 12.5. The van der Waals surface area contributed by atoms with Crippen LogP contribution in [0, 0.1) is 0 Å². The predicted molar refractivity (Wildman–Crippen MR) is 375 cm³/mol. The second-order valence-electron chi connectivity index (χ2n) is 27.0. The third-order valence-electron chi connectivity index (χ3n) is 18.5. The lowest BCUT2D eigenvalue weighted by molar-refractivity contribution is -0.143. The highest BCUT2D eigenvalue weighted by atomic mass is 16.5. The van der Waals surface area contributed by atoms with Gasteiger partial charge in [-0.25, -0.2) is 0 Å². The van der Waals surface area contributed by atoms with Gasteiger partial charge in [0.1, 0.15) is 0 Å². The SMILES string of the molecule is CCCCCCCCCCCCCCCCCCCC(O)C(CO)NC(=O)CCCCCCCCCCCCCCCCCCC/C=C\C/C=C\CCCCCCCCCCCCCCCOC(=O)CCCCCCCCCCCCCCCC. The molecule has 0 aromatic carbocycles. The van der Waals surface area contributed by atoms with Crippen molar-refractivity contribution >= 4 is 11.9 Å². The highest BCUT2D eigenvalue weighted by Crippen LogP contribution is 2.20. The number of ether oxygens (including phenoxy) is 1. The molecule has 0 bridgehead atoms. The molecule has 0 saturated heterocycles. The highest BCUT2D eigenvalue weighted by Gasteiger charge is 2.20. The van der Waals surface area contributed by atoms with Crippen molar-refractivity contribution in [1.82, 2.24) is 5.32 Å². The quantitative estimate of drug-likeness (QED) is 0.0320. The Morgan fingerprint density at radius 3 is 0.894 bits per heavy atom. The number of hydrogen-bond donors (Lipinski definition) is 3. The molecule has 504 valence electrons. The Morgan fingerprint density at radius 1 is 0.329 bits per heavy atom. The lowest BCUT2D eigenvalue weighted by Gasteiger charge is -2.22. The first-order valence-corrected chi connectivity index (χ1v) is 39.1. The molecule has 0 rings (SSSR count). The minimum atomic E-state index is -0.662. The summed E-state index contributed by atoms with van der Waals surface area (Å²) in [6.07, 6.45) is 95.5. The van der Waals surface area contributed by atoms with Gasteiger partial charge in [0.05, 0.1) is 25.4 Å². The molecule has 1 amide bonds. The fraction of sp³-hybridized carbons (Fsp3) is 0.924. The molecule has 0 heterocycles. The molecule has 0 aliphatic heterocycles. The van der Waals surface area contributed by atoms with Crippen LogP contribution in [0.5, 0.6) is 0 Å². The molecule has 0 fully saturated rings. The molecular weight excluding hydrogens is 1040 g/mol. The third kappa shape index (κ3) is 71.3. The van der Waals surface area contributed by atoms with E-state index in [-0.39, 0.29) is 18.5 Å². The summed E-state index contributed by atoms with van der Waals surface area (Å²) in [5.74, 6) is -0.00615. The van der Waals surface area contributed by atoms with Gasteiger partial charge in [0.15, 0.2) is 0 Å². The van der Waals surface area contributed by atoms with E-state index in [4.69, 9.17) is 4.74 Å². The van der Waals surface area contributed by atoms with Crippen LogP contribution >= 0.6 is 0 Å². The van der Waals surface area contributed by atoms with Crippen molar-refractivity contribution in [3.8, 4) is 0 Å². The van der Waals surface area contributed by atoms with Crippen LogP contribution in [-0.4, -0.2) is 47.4 Å². The second kappa shape index (κ2) is 74.8. The Hall–Kier alpha value is -1.66. The molecule has 0 aromatic heterocycles. The summed E-state index contributed by atoms with van der Waals surface area (Å²) in [4.78, 5) is 24.6. The molecule has 0 radical (unpaired) electrons. The molecule has 0 saturated carbocycles. The summed E-state index contributed by atoms with van der Waals surface area (Å²) in [6.45, 7) is 5.00. The highest BCUT2D eigenvalue weighted by molar-refractivity contribution is 5.76. The molecule has 2 atom stereocenters. The molecular formula is C79H153NO5. The zero-order valence-electron chi connectivity index (χ0n) is 57.9. The summed E-state index contributed by atoms with van der Waals surface area (Å²) in [5, 5.41) is 23.4. The number of aliphatic hydroxyl groups is 2. The summed E-state index contributed by atoms with van der Waals surface area (Å²) < 4.78 is 5.50. The lowest BCUT2D eigenvalue weighted by Crippen LogP contribution is -2.45. The van der Waals surface area contributed by atoms with Gasteiger partial charge in [-0.05, 0) is 57.8 Å². The minimum Gasteiger partial charge on any atom is -0.466 e. The van der Waals surface area contributed by atoms with Gasteiger partial charge in [-0.2, -0.15) is 0 Å². The first-order valence-electron chi connectivity index (χ1n) is 39.1. The number of esters is 1. The molecule has 0 aliphatic carbocycles. The average Bonchev–Trinajstić information content (AvgIpc) is 3.51. The number of rotatable bonds is 74. The first kappa shape index (κ1) is 83.3. The van der Waals surface area contributed by atoms with Crippen LogP contribution < -0.4 is 5.32 Å². The zero-order valence-corrected chi connectivity index (χ0v) is 57.9. The van der Waals surface area contributed by atoms with E-state index < -0.39 is 12.1 Å². The van der Waals surface area contributed by atoms with Crippen LogP contribution in [0.2, 0.25) is 0 Å². The molecule has 3 N–H and O–H groups in total. The van der Waals surface area contributed by atoms with Crippen molar-refractivity contribution < 1.29 is 24.5 Å². The Kier molecular flexibility index (Phi) is 73.3. The monoisotopic (exact) mass is 1200 g/mol. The van der Waals surface area contributed by atoms with E-state index in [1.165, 1.54) is 366 Å². The van der Waals surface area contributed by atoms with Crippen LogP contribution in [0.4, 0.5) is 0 Å². The van der Waals surface area contributed by atoms with Gasteiger partial charge in [0.2, 0.25) is 5.91 Å². The van der Waals surface area contributed by atoms with Crippen LogP contribution in [0.3, 0.4) is 0 Å². The summed E-state index contributed by atoms with van der Waals surface area (Å²) in [7, 11) is 0. The van der Waals surface area contributed by atoms with Crippen LogP contribution in [0.1, 0.15) is 444 Å². The number of hydrogen-bond acceptors (Lipinski definition) is 5. The van der Waals surface area contributed by atoms with Crippen molar-refractivity contribution in [1.29, 1.82) is 0 Å². The van der Waals surface area contributed by atoms with Crippen molar-refractivity contribution in [2.75, 3.05) is 13.2 Å². The fourth-order valence-electron chi connectivity index (χ4n) is 12.6. The number of carbonyl (C=O) groups is 2. The number of nitrogens with one attached hydrogen (secondary N) is 1. The molecule has 2 unspecified atom stereocenters. The molecule has 6 nitrogen and oxygen atoms in total. The van der Waals surface area contributed by atoms with E-state index in [1.54, 1.807) is 0 Å². The zero-order chi connectivity index (χ0) is 61.3. The number of amides is 1. The Morgan fingerprint density at radius 2 is 0.588 bits per heavy atom. The van der Waals surface area contributed by atoms with E-state index >= 15 is 0 Å². The Bertz CT molecular complexity index is 1330. The summed E-state index contributed by atoms with van der Waals surface area (Å²) >= 11 is 0. The number of aliphatic hydroxyl groups excluding tert-OH is 2. The average molecular weight is 1200 g/mol. The Labute approximate surface area is 532 Å². The molecule has 0 spiro atoms. The van der Waals surface area contributed by atoms with Crippen LogP contribution in [-0.2, 0) is 14.3 Å². The van der Waals surface area contributed by atoms with Crippen molar-refractivity contribution in [2.45, 2.75) is 456 Å². The number of allylic oxidation sites excluding steroid dienone is 4. The topological polar surface area (TPSA) is 95.9 Å².